The van der Waals surface area contributed by atoms with E-state index in [4.69, 9.17) is 0 Å². The van der Waals surface area contributed by atoms with Gasteiger partial charge in [-0.05, 0) is 37.5 Å². The highest BCUT2D eigenvalue weighted by Crippen LogP contribution is 2.45. The van der Waals surface area contributed by atoms with Crippen LogP contribution in [0.15, 0.2) is 0 Å². The molecule has 2 rings (SSSR count). The Morgan fingerprint density at radius 2 is 1.71 bits per heavy atom. The van der Waals surface area contributed by atoms with Gasteiger partial charge in [-0.15, -0.1) is 0 Å². The average Bonchev–Trinajstić information content (AvgIpc) is 2.12. The standard InChI is InChI=1S/C13H22O/c1-10(14)7-11-8-13(9-11)12-5-3-2-4-6-12/h11-13H,2-9H2,1H3. The minimum absolute atomic E-state index is 0.386. The second-order valence-electron chi connectivity index (χ2n) is 5.40. The van der Waals surface area contributed by atoms with Gasteiger partial charge in [0.05, 0.1) is 0 Å². The number of Topliss-reactive ketones (excluding diaryl/α,β-unsaturated/α-hetero) is 1. The Morgan fingerprint density at radius 1 is 1.07 bits per heavy atom. The normalized spacial score (nSPS) is 33.8. The molecule has 80 valence electrons. The van der Waals surface area contributed by atoms with Crippen molar-refractivity contribution in [2.75, 3.05) is 0 Å². The summed E-state index contributed by atoms with van der Waals surface area (Å²) in [7, 11) is 0. The number of rotatable bonds is 3. The number of hydrogen-bond acceptors (Lipinski definition) is 1. The molecule has 1 nitrogen and oxygen atoms in total. The summed E-state index contributed by atoms with van der Waals surface area (Å²) in [4.78, 5) is 10.9. The lowest BCUT2D eigenvalue weighted by Crippen LogP contribution is -2.32. The SMILES string of the molecule is CC(=O)CC1CC(C2CCCCC2)C1. The molecular weight excluding hydrogens is 172 g/mol. The molecule has 0 aromatic carbocycles. The molecule has 1 heteroatoms. The molecule has 2 fully saturated rings. The molecule has 0 unspecified atom stereocenters. The van der Waals surface area contributed by atoms with Gasteiger partial charge in [0.25, 0.3) is 0 Å². The molecule has 2 saturated carbocycles. The summed E-state index contributed by atoms with van der Waals surface area (Å²) in [5, 5.41) is 0. The van der Waals surface area contributed by atoms with Crippen LogP contribution in [0, 0.1) is 17.8 Å². The molecule has 0 amide bonds. The van der Waals surface area contributed by atoms with E-state index in [1.165, 1.54) is 44.9 Å². The van der Waals surface area contributed by atoms with Crippen molar-refractivity contribution >= 4 is 5.78 Å². The first-order valence-corrected chi connectivity index (χ1v) is 6.25. The Hall–Kier alpha value is -0.330. The van der Waals surface area contributed by atoms with Gasteiger partial charge < -0.3 is 4.79 Å². The molecule has 0 aromatic heterocycles. The minimum atomic E-state index is 0.386. The summed E-state index contributed by atoms with van der Waals surface area (Å²) in [6, 6.07) is 0. The smallest absolute Gasteiger partial charge is 0.130 e. The zero-order valence-electron chi connectivity index (χ0n) is 9.30. The Balaban J connectivity index is 1.68. The van der Waals surface area contributed by atoms with Gasteiger partial charge in [0.1, 0.15) is 5.78 Å². The van der Waals surface area contributed by atoms with E-state index >= 15 is 0 Å². The van der Waals surface area contributed by atoms with Crippen molar-refractivity contribution in [3.8, 4) is 0 Å². The zero-order chi connectivity index (χ0) is 9.97. The fourth-order valence-corrected chi connectivity index (χ4v) is 3.35. The van der Waals surface area contributed by atoms with Gasteiger partial charge in [-0.2, -0.15) is 0 Å². The topological polar surface area (TPSA) is 17.1 Å². The van der Waals surface area contributed by atoms with Crippen LogP contribution < -0.4 is 0 Å². The van der Waals surface area contributed by atoms with Crippen molar-refractivity contribution < 1.29 is 4.79 Å². The Morgan fingerprint density at radius 3 is 2.29 bits per heavy atom. The van der Waals surface area contributed by atoms with Crippen molar-refractivity contribution in [2.24, 2.45) is 17.8 Å². The predicted octanol–water partition coefficient (Wildman–Crippen LogP) is 3.57. The second-order valence-corrected chi connectivity index (χ2v) is 5.40. The van der Waals surface area contributed by atoms with Crippen LogP contribution in [0.2, 0.25) is 0 Å². The largest absolute Gasteiger partial charge is 0.300 e. The number of carbonyl (C=O) groups excluding carboxylic acids is 1. The van der Waals surface area contributed by atoms with Crippen molar-refractivity contribution in [2.45, 2.75) is 58.3 Å². The molecule has 0 N–H and O–H groups in total. The summed E-state index contributed by atoms with van der Waals surface area (Å²) in [6.07, 6.45) is 10.9. The van der Waals surface area contributed by atoms with Gasteiger partial charge in [-0.3, -0.25) is 0 Å². The lowest BCUT2D eigenvalue weighted by molar-refractivity contribution is -0.119. The fraction of sp³-hybridized carbons (Fsp3) is 0.923. The molecule has 14 heavy (non-hydrogen) atoms. The molecule has 0 spiro atoms. The molecule has 0 radical (unpaired) electrons. The van der Waals surface area contributed by atoms with Gasteiger partial charge in [0, 0.05) is 6.42 Å². The van der Waals surface area contributed by atoms with Crippen molar-refractivity contribution in [3.63, 3.8) is 0 Å². The highest BCUT2D eigenvalue weighted by Gasteiger charge is 2.35. The lowest BCUT2D eigenvalue weighted by atomic mass is 9.64. The molecule has 0 aromatic rings. The van der Waals surface area contributed by atoms with Crippen LogP contribution in [0.4, 0.5) is 0 Å². The maximum Gasteiger partial charge on any atom is 0.130 e. The van der Waals surface area contributed by atoms with Gasteiger partial charge in [0.2, 0.25) is 0 Å². The van der Waals surface area contributed by atoms with E-state index in [2.05, 4.69) is 0 Å². The minimum Gasteiger partial charge on any atom is -0.300 e. The fourth-order valence-electron chi connectivity index (χ4n) is 3.35. The summed E-state index contributed by atoms with van der Waals surface area (Å²) in [5.74, 6) is 3.14. The van der Waals surface area contributed by atoms with Crippen LogP contribution in [0.3, 0.4) is 0 Å². The van der Waals surface area contributed by atoms with Gasteiger partial charge in [-0.25, -0.2) is 0 Å². The maximum absolute atomic E-state index is 10.9. The number of hydrogen-bond donors (Lipinski definition) is 0. The molecule has 0 atom stereocenters. The van der Waals surface area contributed by atoms with E-state index < -0.39 is 0 Å². The molecule has 2 aliphatic rings. The van der Waals surface area contributed by atoms with Crippen molar-refractivity contribution in [3.05, 3.63) is 0 Å². The summed E-state index contributed by atoms with van der Waals surface area (Å²) < 4.78 is 0. The number of ketones is 1. The Kier molecular flexibility index (Phi) is 3.25. The summed E-state index contributed by atoms with van der Waals surface area (Å²) in [6.45, 7) is 1.73. The van der Waals surface area contributed by atoms with Crippen LogP contribution in [-0.2, 0) is 4.79 Å². The van der Waals surface area contributed by atoms with E-state index in [9.17, 15) is 4.79 Å². The number of carbonyl (C=O) groups is 1. The molecular formula is C13H22O. The first-order chi connectivity index (χ1) is 6.75. The third-order valence-electron chi connectivity index (χ3n) is 4.16. The third kappa shape index (κ3) is 2.37. The maximum atomic E-state index is 10.9. The van der Waals surface area contributed by atoms with Crippen LogP contribution in [0.25, 0.3) is 0 Å². The van der Waals surface area contributed by atoms with E-state index in [1.807, 2.05) is 0 Å². The molecule has 0 heterocycles. The van der Waals surface area contributed by atoms with E-state index in [0.29, 0.717) is 5.78 Å². The highest BCUT2D eigenvalue weighted by atomic mass is 16.1. The van der Waals surface area contributed by atoms with Crippen molar-refractivity contribution in [1.82, 2.24) is 0 Å². The summed E-state index contributed by atoms with van der Waals surface area (Å²) >= 11 is 0. The van der Waals surface area contributed by atoms with E-state index in [-0.39, 0.29) is 0 Å². The first-order valence-electron chi connectivity index (χ1n) is 6.25. The first kappa shape index (κ1) is 10.2. The van der Waals surface area contributed by atoms with E-state index in [0.717, 1.165) is 24.2 Å². The second kappa shape index (κ2) is 4.46. The highest BCUT2D eigenvalue weighted by molar-refractivity contribution is 5.75. The molecule has 0 saturated heterocycles. The average molecular weight is 194 g/mol. The van der Waals surface area contributed by atoms with Gasteiger partial charge in [-0.1, -0.05) is 32.1 Å². The van der Waals surface area contributed by atoms with Gasteiger partial charge in [0.15, 0.2) is 0 Å². The quantitative estimate of drug-likeness (QED) is 0.671. The van der Waals surface area contributed by atoms with Crippen LogP contribution in [0.5, 0.6) is 0 Å². The lowest BCUT2D eigenvalue weighted by Gasteiger charge is -2.41. The Labute approximate surface area is 87.3 Å². The molecule has 0 aliphatic heterocycles. The van der Waals surface area contributed by atoms with E-state index in [1.54, 1.807) is 6.92 Å². The molecule has 2 aliphatic carbocycles. The predicted molar refractivity (Wildman–Crippen MR) is 58.1 cm³/mol. The summed E-state index contributed by atoms with van der Waals surface area (Å²) in [5.41, 5.74) is 0. The Bertz CT molecular complexity index is 197. The van der Waals surface area contributed by atoms with Crippen molar-refractivity contribution in [1.29, 1.82) is 0 Å². The molecule has 0 bridgehead atoms. The van der Waals surface area contributed by atoms with Gasteiger partial charge >= 0.3 is 0 Å². The monoisotopic (exact) mass is 194 g/mol. The third-order valence-corrected chi connectivity index (χ3v) is 4.16. The van der Waals surface area contributed by atoms with Crippen LogP contribution >= 0.6 is 0 Å². The zero-order valence-corrected chi connectivity index (χ0v) is 9.30. The van der Waals surface area contributed by atoms with Crippen LogP contribution in [0.1, 0.15) is 58.3 Å². The van der Waals surface area contributed by atoms with Crippen LogP contribution in [-0.4, -0.2) is 5.78 Å².